The van der Waals surface area contributed by atoms with Crippen LogP contribution >= 0.6 is 11.3 Å². The third-order valence-corrected chi connectivity index (χ3v) is 9.32. The topological polar surface area (TPSA) is 104 Å². The van der Waals surface area contributed by atoms with Crippen LogP contribution in [0, 0.1) is 23.0 Å². The highest BCUT2D eigenvalue weighted by atomic mass is 32.1. The van der Waals surface area contributed by atoms with Crippen molar-refractivity contribution in [2.75, 3.05) is 37.3 Å². The molecule has 0 aliphatic carbocycles. The van der Waals surface area contributed by atoms with E-state index in [1.807, 2.05) is 6.07 Å². The number of anilines is 2. The number of nitrogens with zero attached hydrogens (tertiary/aromatic N) is 6. The molecule has 3 aliphatic rings. The highest BCUT2D eigenvalue weighted by Crippen LogP contribution is 2.45. The lowest BCUT2D eigenvalue weighted by Crippen LogP contribution is -2.43. The summed E-state index contributed by atoms with van der Waals surface area (Å²) >= 11 is 0.960. The van der Waals surface area contributed by atoms with E-state index >= 15 is 4.39 Å². The van der Waals surface area contributed by atoms with Crippen molar-refractivity contribution < 1.29 is 13.5 Å². The summed E-state index contributed by atoms with van der Waals surface area (Å²) in [5, 5.41) is 10.7. The van der Waals surface area contributed by atoms with Crippen LogP contribution in [0.25, 0.3) is 32.2 Å². The number of thiophene rings is 1. The first-order valence-corrected chi connectivity index (χ1v) is 13.0. The molecular formula is C26H23F2N7OS. The third kappa shape index (κ3) is 3.13. The van der Waals surface area contributed by atoms with Gasteiger partial charge in [0, 0.05) is 41.2 Å². The van der Waals surface area contributed by atoms with Crippen LogP contribution < -0.4 is 10.6 Å². The van der Waals surface area contributed by atoms with Crippen LogP contribution in [0.4, 0.5) is 19.7 Å². The normalized spacial score (nSPS) is 21.5. The van der Waals surface area contributed by atoms with E-state index in [-0.39, 0.29) is 56.2 Å². The molecule has 0 radical (unpaired) electrons. The number of halogens is 2. The smallest absolute Gasteiger partial charge is 0.226 e. The number of hydrogen-bond acceptors (Lipinski definition) is 9. The van der Waals surface area contributed by atoms with Crippen molar-refractivity contribution in [2.24, 2.45) is 0 Å². The van der Waals surface area contributed by atoms with Gasteiger partial charge in [-0.25, -0.2) is 18.7 Å². The van der Waals surface area contributed by atoms with E-state index in [0.29, 0.717) is 16.9 Å². The van der Waals surface area contributed by atoms with Crippen LogP contribution in [0.1, 0.15) is 36.0 Å². The Morgan fingerprint density at radius 3 is 2.78 bits per heavy atom. The molecule has 188 valence electrons. The maximum absolute atomic E-state index is 16.5. The number of nitriles is 1. The van der Waals surface area contributed by atoms with Gasteiger partial charge in [0.25, 0.3) is 0 Å². The Balaban J connectivity index is 1.44. The van der Waals surface area contributed by atoms with Gasteiger partial charge in [0.1, 0.15) is 16.6 Å². The maximum atomic E-state index is 16.5. The van der Waals surface area contributed by atoms with Crippen molar-refractivity contribution in [1.82, 2.24) is 19.9 Å². The highest BCUT2D eigenvalue weighted by molar-refractivity contribution is 7.23. The van der Waals surface area contributed by atoms with Gasteiger partial charge in [0.05, 0.1) is 35.4 Å². The Kier molecular flexibility index (Phi) is 4.92. The first-order valence-electron chi connectivity index (χ1n) is 12.2. The minimum absolute atomic E-state index is 0.0978. The molecule has 7 rings (SSSR count). The maximum Gasteiger partial charge on any atom is 0.226 e. The lowest BCUT2D eigenvalue weighted by Gasteiger charge is -2.31. The highest BCUT2D eigenvalue weighted by Gasteiger charge is 2.45. The van der Waals surface area contributed by atoms with Gasteiger partial charge in [-0.05, 0) is 44.0 Å². The summed E-state index contributed by atoms with van der Waals surface area (Å²) < 4.78 is 37.0. The molecule has 3 aliphatic heterocycles. The van der Waals surface area contributed by atoms with Crippen LogP contribution in [0.5, 0.6) is 0 Å². The predicted molar refractivity (Wildman–Crippen MR) is 137 cm³/mol. The van der Waals surface area contributed by atoms with Crippen LogP contribution in [0.15, 0.2) is 12.4 Å². The summed E-state index contributed by atoms with van der Waals surface area (Å²) in [6.07, 6.45) is 6.05. The zero-order valence-corrected chi connectivity index (χ0v) is 21.0. The molecule has 1 aromatic carbocycles. The van der Waals surface area contributed by atoms with E-state index in [4.69, 9.17) is 15.5 Å². The van der Waals surface area contributed by atoms with Crippen molar-refractivity contribution in [3.8, 4) is 17.3 Å². The van der Waals surface area contributed by atoms with Gasteiger partial charge in [-0.3, -0.25) is 9.88 Å². The molecule has 3 aromatic heterocycles. The summed E-state index contributed by atoms with van der Waals surface area (Å²) in [5.41, 5.74) is 8.16. The zero-order valence-electron chi connectivity index (χ0n) is 20.1. The molecule has 11 heteroatoms. The number of rotatable bonds is 2. The Morgan fingerprint density at radius 2 is 2.00 bits per heavy atom. The molecule has 37 heavy (non-hydrogen) atoms. The van der Waals surface area contributed by atoms with Crippen molar-refractivity contribution in [2.45, 2.75) is 38.0 Å². The average molecular weight is 520 g/mol. The summed E-state index contributed by atoms with van der Waals surface area (Å²) in [5.74, 6) is -0.692. The lowest BCUT2D eigenvalue weighted by atomic mass is 9.94. The summed E-state index contributed by atoms with van der Waals surface area (Å²) in [6, 6.07) is 2.04. The number of fused-ring (bicyclic) bond motifs is 4. The van der Waals surface area contributed by atoms with Crippen LogP contribution in [-0.4, -0.2) is 52.1 Å². The van der Waals surface area contributed by atoms with Gasteiger partial charge in [0.15, 0.2) is 11.6 Å². The fraction of sp³-hybridized carbons (Fsp3) is 0.385. The molecule has 0 bridgehead atoms. The van der Waals surface area contributed by atoms with Crippen LogP contribution in [0.3, 0.4) is 0 Å². The van der Waals surface area contributed by atoms with E-state index in [2.05, 4.69) is 26.8 Å². The van der Waals surface area contributed by atoms with Crippen LogP contribution in [0.2, 0.25) is 0 Å². The zero-order chi connectivity index (χ0) is 25.5. The molecule has 2 saturated heterocycles. The number of hydrogen-bond donors (Lipinski definition) is 1. The second-order valence-electron chi connectivity index (χ2n) is 10.1. The molecule has 1 atom stereocenters. The van der Waals surface area contributed by atoms with Crippen molar-refractivity contribution in [1.29, 1.82) is 5.26 Å². The number of pyridine rings is 1. The second-order valence-corrected chi connectivity index (χ2v) is 11.2. The minimum atomic E-state index is -0.601. The quantitative estimate of drug-likeness (QED) is 0.417. The van der Waals surface area contributed by atoms with Gasteiger partial charge < -0.3 is 15.4 Å². The van der Waals surface area contributed by atoms with E-state index in [0.717, 1.165) is 55.6 Å². The van der Waals surface area contributed by atoms with Crippen molar-refractivity contribution in [3.05, 3.63) is 40.7 Å². The Hall–Kier alpha value is -3.46. The first-order chi connectivity index (χ1) is 17.9. The molecule has 4 aromatic rings. The Morgan fingerprint density at radius 1 is 1.16 bits per heavy atom. The van der Waals surface area contributed by atoms with Gasteiger partial charge >= 0.3 is 0 Å². The van der Waals surface area contributed by atoms with Crippen molar-refractivity contribution in [3.63, 3.8) is 0 Å². The Bertz CT molecular complexity index is 1670. The van der Waals surface area contributed by atoms with Gasteiger partial charge in [-0.15, -0.1) is 11.3 Å². The monoisotopic (exact) mass is 519 g/mol. The van der Waals surface area contributed by atoms with E-state index in [1.165, 1.54) is 6.42 Å². The average Bonchev–Trinajstić information content (AvgIpc) is 3.68. The molecule has 2 N–H and O–H groups in total. The number of nitrogens with two attached hydrogens (primary N) is 1. The number of likely N-dealkylation sites (tertiary alicyclic amines) is 1. The summed E-state index contributed by atoms with van der Waals surface area (Å²) in [7, 11) is 2.16. The molecule has 0 amide bonds. The first kappa shape index (κ1) is 22.7. The fourth-order valence-corrected chi connectivity index (χ4v) is 7.23. The molecule has 2 fully saturated rings. The van der Waals surface area contributed by atoms with E-state index in [1.54, 1.807) is 6.20 Å². The molecule has 0 unspecified atom stereocenters. The second kappa shape index (κ2) is 8.02. The largest absolute Gasteiger partial charge is 0.389 e. The summed E-state index contributed by atoms with van der Waals surface area (Å²) in [6.45, 7) is 3.13. The predicted octanol–water partition coefficient (Wildman–Crippen LogP) is 4.34. The molecule has 0 saturated carbocycles. The molecule has 8 nitrogen and oxygen atoms in total. The van der Waals surface area contributed by atoms with Gasteiger partial charge in [0.2, 0.25) is 5.95 Å². The number of ether oxygens (including phenoxy) is 1. The number of nitrogen functional groups attached to an aromatic ring is 1. The lowest BCUT2D eigenvalue weighted by molar-refractivity contribution is 0.135. The molecule has 6 heterocycles. The third-order valence-electron chi connectivity index (χ3n) is 8.29. The standard InChI is InChI=1S/C26H23F2N7OS/c1-34-5-2-3-26(34)4-6-35(12-26)25-32-8-14-15-10-36-11-16(15)18(20(28)21(14)33-25)22-19-13(7-29)24(30)37-23(19)17(27)9-31-22/h8-9H,2-6,10-12,30H2,1H3/t26-/m0/s1. The van der Waals surface area contributed by atoms with E-state index < -0.39 is 11.6 Å². The van der Waals surface area contributed by atoms with Crippen LogP contribution in [-0.2, 0) is 18.0 Å². The van der Waals surface area contributed by atoms with E-state index in [9.17, 15) is 9.65 Å². The fourth-order valence-electron chi connectivity index (χ4n) is 6.31. The summed E-state index contributed by atoms with van der Waals surface area (Å²) in [4.78, 5) is 18.2. The number of benzene rings is 1. The number of likely N-dealkylation sites (N-methyl/N-ethyl adjacent to an activating group) is 1. The van der Waals surface area contributed by atoms with Gasteiger partial charge in [-0.2, -0.15) is 5.26 Å². The molecular weight excluding hydrogens is 496 g/mol. The SMILES string of the molecule is CN1CCC[C@@]12CCN(c1ncc3c4c(c(-c5ncc(F)c6sc(N)c(C#N)c56)c(F)c3n1)COC4)C2. The number of aromatic nitrogens is 3. The molecule has 1 spiro atoms. The minimum Gasteiger partial charge on any atom is -0.389 e. The van der Waals surface area contributed by atoms with Gasteiger partial charge in [-0.1, -0.05) is 0 Å². The Labute approximate surface area is 215 Å². The van der Waals surface area contributed by atoms with Crippen molar-refractivity contribution >= 4 is 43.3 Å².